The lowest BCUT2D eigenvalue weighted by Crippen LogP contribution is -2.43. The molecule has 0 saturated carbocycles. The number of nitrogens with zero attached hydrogens (tertiary/aromatic N) is 2. The van der Waals surface area contributed by atoms with Crippen molar-refractivity contribution in [1.82, 2.24) is 14.5 Å². The summed E-state index contributed by atoms with van der Waals surface area (Å²) >= 11 is 0. The maximum absolute atomic E-state index is 12.4. The van der Waals surface area contributed by atoms with Gasteiger partial charge in [-0.15, -0.1) is 0 Å². The molecule has 128 valence electrons. The van der Waals surface area contributed by atoms with E-state index in [0.717, 1.165) is 30.6 Å². The number of hydrogen-bond acceptors (Lipinski definition) is 4. The van der Waals surface area contributed by atoms with Gasteiger partial charge in [-0.1, -0.05) is 19.4 Å². The predicted octanol–water partition coefficient (Wildman–Crippen LogP) is 2.13. The zero-order chi connectivity index (χ0) is 17.3. The summed E-state index contributed by atoms with van der Waals surface area (Å²) in [5.74, 6) is 0.611. The Morgan fingerprint density at radius 2 is 1.96 bits per heavy atom. The molecule has 1 aliphatic heterocycles. The van der Waals surface area contributed by atoms with Crippen LogP contribution >= 0.6 is 0 Å². The van der Waals surface area contributed by atoms with Crippen molar-refractivity contribution >= 4 is 5.82 Å². The molecule has 1 aliphatic rings. The second kappa shape index (κ2) is 6.65. The van der Waals surface area contributed by atoms with E-state index in [-0.39, 0.29) is 5.56 Å². The molecule has 0 bridgehead atoms. The minimum atomic E-state index is -0.406. The minimum Gasteiger partial charge on any atom is -0.358 e. The third-order valence-corrected chi connectivity index (χ3v) is 4.64. The third kappa shape index (κ3) is 3.01. The Bertz CT molecular complexity index is 866. The van der Waals surface area contributed by atoms with Crippen LogP contribution < -0.4 is 16.6 Å². The predicted molar refractivity (Wildman–Crippen MR) is 95.9 cm³/mol. The molecule has 1 aromatic heterocycles. The number of fused-ring (bicyclic) bond motifs is 1. The first kappa shape index (κ1) is 16.5. The van der Waals surface area contributed by atoms with Crippen molar-refractivity contribution in [1.29, 1.82) is 0 Å². The average Bonchev–Trinajstić information content (AvgIpc) is 2.56. The SMILES string of the molecule is CCCCN1CNc2c(c(=O)[nH]c(=O)n2-c2ccc(C)c(C)c2)C1. The molecule has 2 heterocycles. The number of rotatable bonds is 4. The number of hydrogen-bond donors (Lipinski definition) is 2. The molecule has 0 saturated heterocycles. The van der Waals surface area contributed by atoms with E-state index in [9.17, 15) is 9.59 Å². The lowest BCUT2D eigenvalue weighted by atomic mass is 10.1. The molecular formula is C18H24N4O2. The van der Waals surface area contributed by atoms with E-state index in [0.29, 0.717) is 24.6 Å². The molecule has 6 heteroatoms. The van der Waals surface area contributed by atoms with Crippen LogP contribution in [0.15, 0.2) is 27.8 Å². The van der Waals surface area contributed by atoms with Crippen LogP contribution in [0.2, 0.25) is 0 Å². The van der Waals surface area contributed by atoms with Crippen LogP contribution in [-0.4, -0.2) is 27.7 Å². The number of anilines is 1. The van der Waals surface area contributed by atoms with Crippen molar-refractivity contribution in [3.63, 3.8) is 0 Å². The Morgan fingerprint density at radius 3 is 2.67 bits per heavy atom. The lowest BCUT2D eigenvalue weighted by molar-refractivity contribution is 0.268. The summed E-state index contributed by atoms with van der Waals surface area (Å²) in [5, 5.41) is 3.27. The van der Waals surface area contributed by atoms with Gasteiger partial charge in [-0.05, 0) is 43.5 Å². The molecule has 0 spiro atoms. The van der Waals surface area contributed by atoms with E-state index in [2.05, 4.69) is 22.1 Å². The highest BCUT2D eigenvalue weighted by Gasteiger charge is 2.23. The van der Waals surface area contributed by atoms with Gasteiger partial charge in [0.25, 0.3) is 5.56 Å². The summed E-state index contributed by atoms with van der Waals surface area (Å²) in [5.41, 5.74) is 2.96. The largest absolute Gasteiger partial charge is 0.358 e. The zero-order valence-electron chi connectivity index (χ0n) is 14.5. The van der Waals surface area contributed by atoms with Gasteiger partial charge in [-0.3, -0.25) is 14.7 Å². The standard InChI is InChI=1S/C18H24N4O2/c1-4-5-8-21-10-15-16(19-11-21)22(18(24)20-17(15)23)14-7-6-12(2)13(3)9-14/h6-7,9,19H,4-5,8,10-11H2,1-3H3,(H,20,23,24). The Morgan fingerprint density at radius 1 is 1.17 bits per heavy atom. The number of aryl methyl sites for hydroxylation is 2. The minimum absolute atomic E-state index is 0.302. The van der Waals surface area contributed by atoms with E-state index in [1.807, 2.05) is 32.0 Å². The van der Waals surface area contributed by atoms with Gasteiger partial charge < -0.3 is 5.32 Å². The number of nitrogens with one attached hydrogen (secondary N) is 2. The molecule has 0 aliphatic carbocycles. The van der Waals surface area contributed by atoms with Gasteiger partial charge in [0.1, 0.15) is 5.82 Å². The van der Waals surface area contributed by atoms with Crippen LogP contribution in [-0.2, 0) is 6.54 Å². The van der Waals surface area contributed by atoms with Crippen molar-refractivity contribution in [2.24, 2.45) is 0 Å². The highest BCUT2D eigenvalue weighted by molar-refractivity contribution is 5.53. The van der Waals surface area contributed by atoms with Gasteiger partial charge in [-0.25, -0.2) is 9.36 Å². The topological polar surface area (TPSA) is 70.1 Å². The molecule has 2 aromatic rings. The summed E-state index contributed by atoms with van der Waals surface area (Å²) in [6.07, 6.45) is 2.20. The third-order valence-electron chi connectivity index (χ3n) is 4.64. The van der Waals surface area contributed by atoms with Crippen molar-refractivity contribution in [3.8, 4) is 5.69 Å². The normalized spacial score (nSPS) is 14.3. The van der Waals surface area contributed by atoms with Gasteiger partial charge in [0.05, 0.1) is 17.9 Å². The summed E-state index contributed by atoms with van der Waals surface area (Å²) in [4.78, 5) is 29.3. The molecule has 1 aromatic carbocycles. The molecular weight excluding hydrogens is 304 g/mol. The number of aromatic amines is 1. The monoisotopic (exact) mass is 328 g/mol. The first-order chi connectivity index (χ1) is 11.5. The summed E-state index contributed by atoms with van der Waals surface area (Å²) < 4.78 is 1.57. The first-order valence-electron chi connectivity index (χ1n) is 8.43. The van der Waals surface area contributed by atoms with E-state index in [1.165, 1.54) is 5.56 Å². The molecule has 0 atom stereocenters. The van der Waals surface area contributed by atoms with Gasteiger partial charge >= 0.3 is 5.69 Å². The fourth-order valence-electron chi connectivity index (χ4n) is 3.02. The second-order valence-corrected chi connectivity index (χ2v) is 6.43. The van der Waals surface area contributed by atoms with Gasteiger partial charge in [0, 0.05) is 13.1 Å². The molecule has 2 N–H and O–H groups in total. The van der Waals surface area contributed by atoms with Crippen LogP contribution in [0.25, 0.3) is 5.69 Å². The summed E-state index contributed by atoms with van der Waals surface area (Å²) in [7, 11) is 0. The summed E-state index contributed by atoms with van der Waals surface area (Å²) in [6.45, 7) is 8.33. The van der Waals surface area contributed by atoms with Crippen LogP contribution in [0.3, 0.4) is 0 Å². The van der Waals surface area contributed by atoms with Crippen molar-refractivity contribution in [3.05, 3.63) is 55.7 Å². The van der Waals surface area contributed by atoms with E-state index in [4.69, 9.17) is 0 Å². The van der Waals surface area contributed by atoms with Crippen LogP contribution in [0.5, 0.6) is 0 Å². The second-order valence-electron chi connectivity index (χ2n) is 6.43. The van der Waals surface area contributed by atoms with E-state index in [1.54, 1.807) is 4.57 Å². The molecule has 0 amide bonds. The molecule has 0 radical (unpaired) electrons. The molecule has 0 fully saturated rings. The average molecular weight is 328 g/mol. The first-order valence-corrected chi connectivity index (χ1v) is 8.43. The fourth-order valence-corrected chi connectivity index (χ4v) is 3.02. The van der Waals surface area contributed by atoms with Crippen molar-refractivity contribution in [2.45, 2.75) is 40.2 Å². The Hall–Kier alpha value is -2.34. The van der Waals surface area contributed by atoms with Crippen molar-refractivity contribution in [2.75, 3.05) is 18.5 Å². The smallest absolute Gasteiger partial charge is 0.334 e. The maximum Gasteiger partial charge on any atom is 0.334 e. The highest BCUT2D eigenvalue weighted by Crippen LogP contribution is 2.22. The zero-order valence-corrected chi connectivity index (χ0v) is 14.5. The van der Waals surface area contributed by atoms with Crippen LogP contribution in [0.1, 0.15) is 36.5 Å². The number of H-pyrrole nitrogens is 1. The van der Waals surface area contributed by atoms with E-state index >= 15 is 0 Å². The lowest BCUT2D eigenvalue weighted by Gasteiger charge is -2.30. The van der Waals surface area contributed by atoms with Gasteiger partial charge in [0.15, 0.2) is 0 Å². The van der Waals surface area contributed by atoms with E-state index < -0.39 is 5.69 Å². The Labute approximate surface area is 141 Å². The van der Waals surface area contributed by atoms with Crippen LogP contribution in [0, 0.1) is 13.8 Å². The Balaban J connectivity index is 2.08. The van der Waals surface area contributed by atoms with Crippen molar-refractivity contribution < 1.29 is 0 Å². The maximum atomic E-state index is 12.4. The number of benzene rings is 1. The van der Waals surface area contributed by atoms with Gasteiger partial charge in [-0.2, -0.15) is 0 Å². The fraction of sp³-hybridized carbons (Fsp3) is 0.444. The molecule has 0 unspecified atom stereocenters. The quantitative estimate of drug-likeness (QED) is 0.902. The Kier molecular flexibility index (Phi) is 4.57. The molecule has 6 nitrogen and oxygen atoms in total. The number of unbranched alkanes of at least 4 members (excludes halogenated alkanes) is 1. The number of aromatic nitrogens is 2. The van der Waals surface area contributed by atoms with Gasteiger partial charge in [0.2, 0.25) is 0 Å². The summed E-state index contributed by atoms with van der Waals surface area (Å²) in [6, 6.07) is 5.87. The highest BCUT2D eigenvalue weighted by atomic mass is 16.2. The van der Waals surface area contributed by atoms with Crippen LogP contribution in [0.4, 0.5) is 5.82 Å². The molecule has 24 heavy (non-hydrogen) atoms. The molecule has 3 rings (SSSR count).